The largest absolute Gasteiger partial charge is 0.493 e. The van der Waals surface area contributed by atoms with Gasteiger partial charge in [-0.2, -0.15) is 0 Å². The Balaban J connectivity index is 1.97. The van der Waals surface area contributed by atoms with Gasteiger partial charge < -0.3 is 9.47 Å². The van der Waals surface area contributed by atoms with Crippen molar-refractivity contribution in [1.82, 2.24) is 9.80 Å². The summed E-state index contributed by atoms with van der Waals surface area (Å²) >= 11 is 6.27. The molecule has 1 aliphatic rings. The van der Waals surface area contributed by atoms with Crippen LogP contribution in [-0.2, 0) is 6.54 Å². The van der Waals surface area contributed by atoms with E-state index in [1.807, 2.05) is 12.1 Å². The minimum atomic E-state index is 0.595. The number of ether oxygens (including phenoxy) is 2. The van der Waals surface area contributed by atoms with Crippen molar-refractivity contribution in [3.63, 3.8) is 0 Å². The van der Waals surface area contributed by atoms with E-state index in [-0.39, 0.29) is 0 Å². The van der Waals surface area contributed by atoms with Gasteiger partial charge in [-0.1, -0.05) is 23.8 Å². The van der Waals surface area contributed by atoms with E-state index in [2.05, 4.69) is 23.3 Å². The average Bonchev–Trinajstić information content (AvgIpc) is 2.48. The van der Waals surface area contributed by atoms with Crippen LogP contribution in [0.3, 0.4) is 0 Å². The Morgan fingerprint density at radius 2 is 1.77 bits per heavy atom. The number of halogens is 1. The highest BCUT2D eigenvalue weighted by atomic mass is 35.5. The summed E-state index contributed by atoms with van der Waals surface area (Å²) in [5, 5.41) is 0.595. The van der Waals surface area contributed by atoms with E-state index < -0.39 is 0 Å². The maximum Gasteiger partial charge on any atom is 0.179 e. The predicted octanol–water partition coefficient (Wildman–Crippen LogP) is 3.05. The van der Waals surface area contributed by atoms with Crippen molar-refractivity contribution in [2.75, 3.05) is 46.9 Å². The molecule has 0 atom stereocenters. The highest BCUT2D eigenvalue weighted by Gasteiger charge is 2.18. The lowest BCUT2D eigenvalue weighted by Gasteiger charge is -2.34. The Kier molecular flexibility index (Phi) is 6.12. The van der Waals surface area contributed by atoms with Crippen molar-refractivity contribution < 1.29 is 9.47 Å². The molecule has 0 spiro atoms. The molecule has 1 fully saturated rings. The minimum Gasteiger partial charge on any atom is -0.493 e. The molecular weight excluding hydrogens is 300 g/mol. The summed E-state index contributed by atoms with van der Waals surface area (Å²) in [6.07, 6.45) is 0. The Morgan fingerprint density at radius 3 is 2.32 bits per heavy atom. The van der Waals surface area contributed by atoms with Crippen molar-refractivity contribution in [3.8, 4) is 11.5 Å². The first-order valence-electron chi connectivity index (χ1n) is 7.53. The molecular formula is C17H25ClN2O2. The van der Waals surface area contributed by atoms with Gasteiger partial charge in [0, 0.05) is 39.3 Å². The second-order valence-electron chi connectivity index (χ2n) is 5.82. The first-order valence-corrected chi connectivity index (χ1v) is 7.90. The molecule has 1 heterocycles. The van der Waals surface area contributed by atoms with E-state index in [4.69, 9.17) is 21.1 Å². The average molecular weight is 325 g/mol. The maximum absolute atomic E-state index is 6.27. The number of methoxy groups -OCH3 is 2. The van der Waals surface area contributed by atoms with Crippen molar-refractivity contribution >= 4 is 11.6 Å². The predicted molar refractivity (Wildman–Crippen MR) is 91.1 cm³/mol. The quantitative estimate of drug-likeness (QED) is 0.751. The van der Waals surface area contributed by atoms with Gasteiger partial charge in [0.1, 0.15) is 0 Å². The second-order valence-corrected chi connectivity index (χ2v) is 6.23. The van der Waals surface area contributed by atoms with Crippen LogP contribution in [-0.4, -0.2) is 56.7 Å². The first kappa shape index (κ1) is 17.1. The zero-order valence-electron chi connectivity index (χ0n) is 13.7. The van der Waals surface area contributed by atoms with Gasteiger partial charge >= 0.3 is 0 Å². The maximum atomic E-state index is 6.27. The Hall–Kier alpha value is -1.23. The fourth-order valence-corrected chi connectivity index (χ4v) is 3.12. The molecule has 122 valence electrons. The lowest BCUT2D eigenvalue weighted by atomic mass is 10.1. The third-order valence-corrected chi connectivity index (χ3v) is 4.14. The smallest absolute Gasteiger partial charge is 0.179 e. The molecule has 0 radical (unpaired) electrons. The topological polar surface area (TPSA) is 24.9 Å². The molecule has 1 aromatic rings. The number of piperazine rings is 1. The SMILES string of the molecule is C=C(C)CN1CCN(Cc2cc(Cl)c(OC)c(OC)c2)CC1. The monoisotopic (exact) mass is 324 g/mol. The van der Waals surface area contributed by atoms with Crippen molar-refractivity contribution in [1.29, 1.82) is 0 Å². The Bertz CT molecular complexity index is 526. The number of hydrogen-bond acceptors (Lipinski definition) is 4. The van der Waals surface area contributed by atoms with Crippen molar-refractivity contribution in [2.24, 2.45) is 0 Å². The summed E-state index contributed by atoms with van der Waals surface area (Å²) < 4.78 is 10.6. The standard InChI is InChI=1S/C17H25ClN2O2/c1-13(2)11-19-5-7-20(8-6-19)12-14-9-15(18)17(22-4)16(10-14)21-3/h9-10H,1,5-8,11-12H2,2-4H3. The van der Waals surface area contributed by atoms with Gasteiger partial charge in [0.15, 0.2) is 11.5 Å². The fourth-order valence-electron chi connectivity index (χ4n) is 2.81. The van der Waals surface area contributed by atoms with E-state index in [1.54, 1.807) is 14.2 Å². The molecule has 0 N–H and O–H groups in total. The molecule has 5 heteroatoms. The molecule has 4 nitrogen and oxygen atoms in total. The first-order chi connectivity index (χ1) is 10.5. The summed E-state index contributed by atoms with van der Waals surface area (Å²) in [5.41, 5.74) is 2.37. The number of benzene rings is 1. The molecule has 0 aromatic heterocycles. The summed E-state index contributed by atoms with van der Waals surface area (Å²) in [5.74, 6) is 1.28. The van der Waals surface area contributed by atoms with E-state index in [0.29, 0.717) is 16.5 Å². The minimum absolute atomic E-state index is 0.595. The highest BCUT2D eigenvalue weighted by molar-refractivity contribution is 6.32. The molecule has 22 heavy (non-hydrogen) atoms. The molecule has 1 aliphatic heterocycles. The van der Waals surface area contributed by atoms with Gasteiger partial charge in [-0.25, -0.2) is 0 Å². The van der Waals surface area contributed by atoms with Gasteiger partial charge in [-0.05, 0) is 24.6 Å². The Labute approximate surface area is 138 Å². The molecule has 0 bridgehead atoms. The molecule has 0 amide bonds. The molecule has 0 saturated carbocycles. The molecule has 0 unspecified atom stereocenters. The third-order valence-electron chi connectivity index (χ3n) is 3.86. The van der Waals surface area contributed by atoms with E-state index >= 15 is 0 Å². The molecule has 0 aliphatic carbocycles. The van der Waals surface area contributed by atoms with Crippen LogP contribution in [0.15, 0.2) is 24.3 Å². The van der Waals surface area contributed by atoms with Gasteiger partial charge in [-0.15, -0.1) is 0 Å². The fraction of sp³-hybridized carbons (Fsp3) is 0.529. The van der Waals surface area contributed by atoms with Gasteiger partial charge in [0.05, 0.1) is 19.2 Å². The highest BCUT2D eigenvalue weighted by Crippen LogP contribution is 2.36. The van der Waals surface area contributed by atoms with Crippen LogP contribution in [0.5, 0.6) is 11.5 Å². The van der Waals surface area contributed by atoms with E-state index in [0.717, 1.165) is 44.8 Å². The van der Waals surface area contributed by atoms with Crippen LogP contribution >= 0.6 is 11.6 Å². The van der Waals surface area contributed by atoms with Crippen molar-refractivity contribution in [2.45, 2.75) is 13.5 Å². The number of rotatable bonds is 6. The van der Waals surface area contributed by atoms with Crippen LogP contribution in [0, 0.1) is 0 Å². The van der Waals surface area contributed by atoms with E-state index in [1.165, 1.54) is 5.57 Å². The summed E-state index contributed by atoms with van der Waals surface area (Å²) in [6, 6.07) is 3.97. The van der Waals surface area contributed by atoms with Crippen LogP contribution in [0.25, 0.3) is 0 Å². The lowest BCUT2D eigenvalue weighted by Crippen LogP contribution is -2.46. The van der Waals surface area contributed by atoms with Crippen LogP contribution in [0.4, 0.5) is 0 Å². The second kappa shape index (κ2) is 7.86. The van der Waals surface area contributed by atoms with Crippen LogP contribution < -0.4 is 9.47 Å². The zero-order valence-corrected chi connectivity index (χ0v) is 14.4. The van der Waals surface area contributed by atoms with Gasteiger partial charge in [-0.3, -0.25) is 9.80 Å². The molecule has 2 rings (SSSR count). The summed E-state index contributed by atoms with van der Waals surface area (Å²) in [7, 11) is 3.23. The lowest BCUT2D eigenvalue weighted by molar-refractivity contribution is 0.135. The molecule has 1 aromatic carbocycles. The van der Waals surface area contributed by atoms with Crippen LogP contribution in [0.2, 0.25) is 5.02 Å². The zero-order chi connectivity index (χ0) is 16.1. The van der Waals surface area contributed by atoms with Crippen molar-refractivity contribution in [3.05, 3.63) is 34.9 Å². The number of nitrogens with zero attached hydrogens (tertiary/aromatic N) is 2. The molecule has 1 saturated heterocycles. The normalized spacial score (nSPS) is 16.5. The Morgan fingerprint density at radius 1 is 1.14 bits per heavy atom. The summed E-state index contributed by atoms with van der Waals surface area (Å²) in [6.45, 7) is 12.2. The number of hydrogen-bond donors (Lipinski definition) is 0. The van der Waals surface area contributed by atoms with Gasteiger partial charge in [0.2, 0.25) is 0 Å². The van der Waals surface area contributed by atoms with E-state index in [9.17, 15) is 0 Å². The van der Waals surface area contributed by atoms with Crippen LogP contribution in [0.1, 0.15) is 12.5 Å². The third kappa shape index (κ3) is 4.38. The van der Waals surface area contributed by atoms with Gasteiger partial charge in [0.25, 0.3) is 0 Å². The summed E-state index contributed by atoms with van der Waals surface area (Å²) in [4.78, 5) is 4.88.